The fourth-order valence-electron chi connectivity index (χ4n) is 3.90. The summed E-state index contributed by atoms with van der Waals surface area (Å²) in [5.74, 6) is 0.717. The zero-order chi connectivity index (χ0) is 19.8. The summed E-state index contributed by atoms with van der Waals surface area (Å²) in [4.78, 5) is 7.08. The van der Waals surface area contributed by atoms with Gasteiger partial charge in [-0.3, -0.25) is 4.99 Å². The predicted octanol–water partition coefficient (Wildman–Crippen LogP) is 1.27. The van der Waals surface area contributed by atoms with Crippen LogP contribution in [0.1, 0.15) is 51.9 Å². The van der Waals surface area contributed by atoms with E-state index in [9.17, 15) is 8.42 Å². The third-order valence-electron chi connectivity index (χ3n) is 5.71. The van der Waals surface area contributed by atoms with Gasteiger partial charge in [-0.1, -0.05) is 0 Å². The van der Waals surface area contributed by atoms with Crippen LogP contribution in [0.25, 0.3) is 0 Å². The Kier molecular flexibility index (Phi) is 10.9. The van der Waals surface area contributed by atoms with E-state index in [1.807, 2.05) is 6.92 Å². The second-order valence-electron chi connectivity index (χ2n) is 8.10. The fraction of sp³-hybridized carbons (Fsp3) is 0.947. The molecule has 0 aromatic rings. The highest BCUT2D eigenvalue weighted by atomic mass is 127. The molecule has 2 saturated heterocycles. The Bertz CT molecular complexity index is 601. The second-order valence-corrected chi connectivity index (χ2v) is 10.0. The number of hydrogen-bond donors (Lipinski definition) is 3. The Balaban J connectivity index is 0.00000300. The molecule has 0 aromatic heterocycles. The van der Waals surface area contributed by atoms with Crippen molar-refractivity contribution >= 4 is 40.0 Å². The minimum atomic E-state index is -3.33. The van der Waals surface area contributed by atoms with Gasteiger partial charge >= 0.3 is 0 Å². The Morgan fingerprint density at radius 3 is 2.52 bits per heavy atom. The predicted molar refractivity (Wildman–Crippen MR) is 128 cm³/mol. The van der Waals surface area contributed by atoms with Gasteiger partial charge in [0.15, 0.2) is 5.96 Å². The molecule has 29 heavy (non-hydrogen) atoms. The van der Waals surface area contributed by atoms with Crippen LogP contribution in [0.2, 0.25) is 0 Å². The summed E-state index contributed by atoms with van der Waals surface area (Å²) in [6, 6.07) is 1.24. The average Bonchev–Trinajstić information content (AvgIpc) is 3.53. The SMILES string of the molecule is CCNC(=NCCS(=O)(=O)NCC1CCCCO1)NC1CCN(C2CC2)CC1.I. The summed E-state index contributed by atoms with van der Waals surface area (Å²) in [6.45, 7) is 6.41. The normalized spacial score (nSPS) is 24.7. The van der Waals surface area contributed by atoms with Gasteiger partial charge in [0, 0.05) is 44.9 Å². The standard InChI is InChI=1S/C19H37N5O3S.HI/c1-2-20-19(23-16-8-11-24(12-9-16)17-6-7-17)21-10-14-28(25,26)22-15-18-5-3-4-13-27-18;/h16-18,22H,2-15H2,1H3,(H2,20,21,23);1H. The molecular weight excluding hydrogens is 505 g/mol. The number of piperidine rings is 1. The summed E-state index contributed by atoms with van der Waals surface area (Å²) >= 11 is 0. The first-order valence-corrected chi connectivity index (χ1v) is 12.6. The Hall–Kier alpha value is -0.170. The van der Waals surface area contributed by atoms with E-state index >= 15 is 0 Å². The summed E-state index contributed by atoms with van der Waals surface area (Å²) in [5.41, 5.74) is 0. The number of hydrogen-bond acceptors (Lipinski definition) is 5. The van der Waals surface area contributed by atoms with Crippen LogP contribution in [-0.4, -0.2) is 82.5 Å². The van der Waals surface area contributed by atoms with Gasteiger partial charge < -0.3 is 20.3 Å². The number of rotatable bonds is 9. The van der Waals surface area contributed by atoms with Gasteiger partial charge in [-0.25, -0.2) is 13.1 Å². The molecule has 0 spiro atoms. The van der Waals surface area contributed by atoms with E-state index in [1.54, 1.807) is 0 Å². The summed E-state index contributed by atoms with van der Waals surface area (Å²) in [6.07, 6.45) is 8.05. The average molecular weight is 544 g/mol. The molecule has 1 unspecified atom stereocenters. The molecule has 10 heteroatoms. The van der Waals surface area contributed by atoms with Gasteiger partial charge in [0.2, 0.25) is 10.0 Å². The largest absolute Gasteiger partial charge is 0.377 e. The molecule has 0 bridgehead atoms. The van der Waals surface area contributed by atoms with E-state index in [4.69, 9.17) is 4.74 Å². The molecule has 8 nitrogen and oxygen atoms in total. The number of nitrogens with zero attached hydrogens (tertiary/aromatic N) is 2. The number of ether oxygens (including phenoxy) is 1. The highest BCUT2D eigenvalue weighted by Gasteiger charge is 2.31. The second kappa shape index (κ2) is 12.6. The van der Waals surface area contributed by atoms with Gasteiger partial charge in [0.1, 0.15) is 0 Å². The number of likely N-dealkylation sites (tertiary alicyclic amines) is 1. The van der Waals surface area contributed by atoms with Crippen molar-refractivity contribution in [1.29, 1.82) is 0 Å². The van der Waals surface area contributed by atoms with E-state index in [-0.39, 0.29) is 42.4 Å². The highest BCUT2D eigenvalue weighted by molar-refractivity contribution is 14.0. The van der Waals surface area contributed by atoms with E-state index < -0.39 is 10.0 Å². The zero-order valence-corrected chi connectivity index (χ0v) is 20.7. The molecule has 2 aliphatic heterocycles. The lowest BCUT2D eigenvalue weighted by Crippen LogP contribution is -2.49. The minimum Gasteiger partial charge on any atom is -0.377 e. The van der Waals surface area contributed by atoms with E-state index in [1.165, 1.54) is 12.8 Å². The lowest BCUT2D eigenvalue weighted by Gasteiger charge is -2.33. The number of halogens is 1. The molecule has 1 aliphatic carbocycles. The third kappa shape index (κ3) is 9.24. The molecule has 0 amide bonds. The van der Waals surface area contributed by atoms with Crippen molar-refractivity contribution in [2.75, 3.05) is 45.1 Å². The first kappa shape index (κ1) is 25.1. The van der Waals surface area contributed by atoms with Crippen LogP contribution in [0.4, 0.5) is 0 Å². The first-order chi connectivity index (χ1) is 13.6. The van der Waals surface area contributed by atoms with Crippen molar-refractivity contribution in [3.63, 3.8) is 0 Å². The smallest absolute Gasteiger partial charge is 0.213 e. The highest BCUT2D eigenvalue weighted by Crippen LogP contribution is 2.29. The number of aliphatic imine (C=N–C) groups is 1. The molecular formula is C19H38IN5O3S. The topological polar surface area (TPSA) is 95.1 Å². The number of guanidine groups is 1. The van der Waals surface area contributed by atoms with Crippen molar-refractivity contribution < 1.29 is 13.2 Å². The quantitative estimate of drug-likeness (QED) is 0.231. The lowest BCUT2D eigenvalue weighted by molar-refractivity contribution is 0.0200. The molecule has 3 aliphatic rings. The molecule has 3 rings (SSSR count). The lowest BCUT2D eigenvalue weighted by atomic mass is 10.1. The first-order valence-electron chi connectivity index (χ1n) is 10.9. The van der Waals surface area contributed by atoms with Crippen LogP contribution in [0, 0.1) is 0 Å². The van der Waals surface area contributed by atoms with Crippen molar-refractivity contribution in [2.24, 2.45) is 4.99 Å². The van der Waals surface area contributed by atoms with Crippen LogP contribution in [0.15, 0.2) is 4.99 Å². The van der Waals surface area contributed by atoms with Gasteiger partial charge in [0.25, 0.3) is 0 Å². The summed E-state index contributed by atoms with van der Waals surface area (Å²) in [5, 5.41) is 6.72. The maximum absolute atomic E-state index is 12.2. The van der Waals surface area contributed by atoms with Crippen LogP contribution >= 0.6 is 24.0 Å². The minimum absolute atomic E-state index is 0. The van der Waals surface area contributed by atoms with Crippen molar-refractivity contribution in [1.82, 2.24) is 20.3 Å². The Morgan fingerprint density at radius 1 is 1.14 bits per heavy atom. The number of sulfonamides is 1. The van der Waals surface area contributed by atoms with E-state index in [0.29, 0.717) is 12.6 Å². The summed E-state index contributed by atoms with van der Waals surface area (Å²) < 4.78 is 32.7. The Labute approximate surface area is 193 Å². The monoisotopic (exact) mass is 543 g/mol. The molecule has 1 saturated carbocycles. The maximum Gasteiger partial charge on any atom is 0.213 e. The number of nitrogens with one attached hydrogen (secondary N) is 3. The van der Waals surface area contributed by atoms with Crippen molar-refractivity contribution in [3.05, 3.63) is 0 Å². The maximum atomic E-state index is 12.2. The summed E-state index contributed by atoms with van der Waals surface area (Å²) in [7, 11) is -3.33. The van der Waals surface area contributed by atoms with E-state index in [0.717, 1.165) is 70.3 Å². The van der Waals surface area contributed by atoms with Crippen molar-refractivity contribution in [2.45, 2.75) is 70.1 Å². The zero-order valence-electron chi connectivity index (χ0n) is 17.6. The van der Waals surface area contributed by atoms with Crippen molar-refractivity contribution in [3.8, 4) is 0 Å². The van der Waals surface area contributed by atoms with Gasteiger partial charge in [-0.2, -0.15) is 0 Å². The van der Waals surface area contributed by atoms with Gasteiger partial charge in [-0.15, -0.1) is 24.0 Å². The molecule has 2 heterocycles. The molecule has 3 fully saturated rings. The Morgan fingerprint density at radius 2 is 1.90 bits per heavy atom. The van der Waals surface area contributed by atoms with Gasteiger partial charge in [-0.05, 0) is 51.9 Å². The van der Waals surface area contributed by atoms with Crippen LogP contribution in [0.5, 0.6) is 0 Å². The molecule has 1 atom stereocenters. The third-order valence-corrected chi connectivity index (χ3v) is 7.04. The molecule has 170 valence electrons. The molecule has 3 N–H and O–H groups in total. The van der Waals surface area contributed by atoms with Gasteiger partial charge in [0.05, 0.1) is 18.4 Å². The molecule has 0 aromatic carbocycles. The van der Waals surface area contributed by atoms with Crippen LogP contribution in [-0.2, 0) is 14.8 Å². The van der Waals surface area contributed by atoms with Crippen LogP contribution in [0.3, 0.4) is 0 Å². The fourth-order valence-corrected chi connectivity index (χ4v) is 4.82. The van der Waals surface area contributed by atoms with E-state index in [2.05, 4.69) is 25.2 Å². The molecule has 0 radical (unpaired) electrons. The van der Waals surface area contributed by atoms with Crippen LogP contribution < -0.4 is 15.4 Å².